The van der Waals surface area contributed by atoms with E-state index in [-0.39, 0.29) is 25.6 Å². The molecule has 0 unspecified atom stereocenters. The topological polar surface area (TPSA) is 84.5 Å². The number of hydrogen-bond donors (Lipinski definition) is 2. The van der Waals surface area contributed by atoms with Gasteiger partial charge in [-0.25, -0.2) is 0 Å². The number of nitrogens with one attached hydrogen (secondary N) is 2. The predicted molar refractivity (Wildman–Crippen MR) is 103 cm³/mol. The Morgan fingerprint density at radius 3 is 2.33 bits per heavy atom. The number of esters is 1. The Kier molecular flexibility index (Phi) is 7.64. The van der Waals surface area contributed by atoms with Gasteiger partial charge in [0.2, 0.25) is 5.91 Å². The van der Waals surface area contributed by atoms with E-state index in [4.69, 9.17) is 27.9 Å². The number of benzene rings is 2. The maximum atomic E-state index is 11.9. The first-order valence-electron chi connectivity index (χ1n) is 8.06. The summed E-state index contributed by atoms with van der Waals surface area (Å²) in [4.78, 5) is 35.3. The van der Waals surface area contributed by atoms with Gasteiger partial charge in [0.15, 0.2) is 0 Å². The number of halogens is 2. The van der Waals surface area contributed by atoms with Crippen molar-refractivity contribution in [3.63, 3.8) is 0 Å². The number of rotatable bonds is 7. The summed E-state index contributed by atoms with van der Waals surface area (Å²) >= 11 is 11.8. The van der Waals surface area contributed by atoms with Crippen LogP contribution in [0.4, 0.5) is 0 Å². The molecule has 2 amide bonds. The standard InChI is InChI=1S/C19H18Cl2N2O4/c1-12-2-4-13(5-3-12)19(26)23-9-17(24)22-10-18(25)27-11-14-6-7-15(20)8-16(14)21/h2-8H,9-11H2,1H3,(H,22,24)(H,23,26). The molecule has 142 valence electrons. The van der Waals surface area contributed by atoms with Gasteiger partial charge in [-0.2, -0.15) is 0 Å². The fraction of sp³-hybridized carbons (Fsp3) is 0.211. The maximum absolute atomic E-state index is 11.9. The van der Waals surface area contributed by atoms with E-state index in [1.807, 2.05) is 6.92 Å². The minimum absolute atomic E-state index is 0.0329. The summed E-state index contributed by atoms with van der Waals surface area (Å²) in [5.74, 6) is -1.50. The first kappa shape index (κ1) is 20.7. The number of ether oxygens (including phenoxy) is 1. The van der Waals surface area contributed by atoms with Crippen LogP contribution in [-0.4, -0.2) is 30.9 Å². The fourth-order valence-corrected chi connectivity index (χ4v) is 2.51. The summed E-state index contributed by atoms with van der Waals surface area (Å²) < 4.78 is 5.04. The second kappa shape index (κ2) is 9.94. The molecule has 27 heavy (non-hydrogen) atoms. The number of hydrogen-bond acceptors (Lipinski definition) is 4. The highest BCUT2D eigenvalue weighted by Gasteiger charge is 2.11. The molecule has 0 heterocycles. The lowest BCUT2D eigenvalue weighted by atomic mass is 10.1. The summed E-state index contributed by atoms with van der Waals surface area (Å²) in [6.45, 7) is 1.32. The van der Waals surface area contributed by atoms with Crippen LogP contribution in [0, 0.1) is 6.92 Å². The van der Waals surface area contributed by atoms with Crippen LogP contribution in [0.25, 0.3) is 0 Å². The van der Waals surface area contributed by atoms with Crippen LogP contribution in [0.3, 0.4) is 0 Å². The molecule has 0 saturated heterocycles. The Hall–Kier alpha value is -2.57. The van der Waals surface area contributed by atoms with Gasteiger partial charge >= 0.3 is 5.97 Å². The molecule has 0 radical (unpaired) electrons. The number of amides is 2. The Bertz CT molecular complexity index is 838. The lowest BCUT2D eigenvalue weighted by molar-refractivity contribution is -0.145. The molecule has 0 aromatic heterocycles. The average Bonchev–Trinajstić information content (AvgIpc) is 2.64. The van der Waals surface area contributed by atoms with Crippen molar-refractivity contribution in [2.75, 3.05) is 13.1 Å². The van der Waals surface area contributed by atoms with Crippen molar-refractivity contribution in [2.24, 2.45) is 0 Å². The minimum atomic E-state index is -0.626. The molecule has 0 aliphatic rings. The van der Waals surface area contributed by atoms with Gasteiger partial charge in [0.1, 0.15) is 13.2 Å². The highest BCUT2D eigenvalue weighted by molar-refractivity contribution is 6.35. The predicted octanol–water partition coefficient (Wildman–Crippen LogP) is 2.89. The molecule has 0 aliphatic heterocycles. The van der Waals surface area contributed by atoms with Gasteiger partial charge in [0, 0.05) is 21.2 Å². The van der Waals surface area contributed by atoms with E-state index >= 15 is 0 Å². The summed E-state index contributed by atoms with van der Waals surface area (Å²) in [6, 6.07) is 11.8. The molecule has 0 spiro atoms. The van der Waals surface area contributed by atoms with Gasteiger partial charge in [-0.15, -0.1) is 0 Å². The van der Waals surface area contributed by atoms with E-state index in [1.165, 1.54) is 0 Å². The lowest BCUT2D eigenvalue weighted by Gasteiger charge is -2.09. The van der Waals surface area contributed by atoms with Gasteiger partial charge in [-0.3, -0.25) is 14.4 Å². The zero-order valence-corrected chi connectivity index (χ0v) is 16.1. The fourth-order valence-electron chi connectivity index (χ4n) is 2.05. The molecular formula is C19H18Cl2N2O4. The third kappa shape index (κ3) is 6.92. The molecule has 6 nitrogen and oxygen atoms in total. The molecular weight excluding hydrogens is 391 g/mol. The van der Waals surface area contributed by atoms with Crippen LogP contribution in [0.1, 0.15) is 21.5 Å². The zero-order chi connectivity index (χ0) is 19.8. The SMILES string of the molecule is Cc1ccc(C(=O)NCC(=O)NCC(=O)OCc2ccc(Cl)cc2Cl)cc1. The average molecular weight is 409 g/mol. The number of carbonyl (C=O) groups is 3. The van der Waals surface area contributed by atoms with Crippen LogP contribution in [0.5, 0.6) is 0 Å². The van der Waals surface area contributed by atoms with E-state index in [1.54, 1.807) is 42.5 Å². The quantitative estimate of drug-likeness (QED) is 0.689. The number of aryl methyl sites for hydroxylation is 1. The Morgan fingerprint density at radius 1 is 0.963 bits per heavy atom. The van der Waals surface area contributed by atoms with E-state index in [0.717, 1.165) is 5.56 Å². The van der Waals surface area contributed by atoms with Gasteiger partial charge in [-0.05, 0) is 31.2 Å². The van der Waals surface area contributed by atoms with Gasteiger partial charge in [0.05, 0.1) is 6.54 Å². The van der Waals surface area contributed by atoms with E-state index in [9.17, 15) is 14.4 Å². The second-order valence-electron chi connectivity index (χ2n) is 5.72. The van der Waals surface area contributed by atoms with Gasteiger partial charge in [0.25, 0.3) is 5.91 Å². The maximum Gasteiger partial charge on any atom is 0.325 e. The first-order chi connectivity index (χ1) is 12.8. The molecule has 0 bridgehead atoms. The van der Waals surface area contributed by atoms with Crippen molar-refractivity contribution in [2.45, 2.75) is 13.5 Å². The highest BCUT2D eigenvalue weighted by atomic mass is 35.5. The summed E-state index contributed by atoms with van der Waals surface area (Å²) in [6.07, 6.45) is 0. The first-order valence-corrected chi connectivity index (χ1v) is 8.82. The second-order valence-corrected chi connectivity index (χ2v) is 6.57. The van der Waals surface area contributed by atoms with Crippen LogP contribution in [0.2, 0.25) is 10.0 Å². The molecule has 0 aliphatic carbocycles. The van der Waals surface area contributed by atoms with Crippen molar-refractivity contribution in [3.8, 4) is 0 Å². The Labute approximate surface area is 166 Å². The molecule has 2 rings (SSSR count). The summed E-state index contributed by atoms with van der Waals surface area (Å²) in [5.41, 5.74) is 2.08. The van der Waals surface area contributed by atoms with E-state index < -0.39 is 11.9 Å². The van der Waals surface area contributed by atoms with Crippen molar-refractivity contribution in [3.05, 3.63) is 69.2 Å². The molecule has 0 saturated carbocycles. The minimum Gasteiger partial charge on any atom is -0.459 e. The molecule has 2 aromatic carbocycles. The van der Waals surface area contributed by atoms with Gasteiger partial charge in [-0.1, -0.05) is 47.0 Å². The lowest BCUT2D eigenvalue weighted by Crippen LogP contribution is -2.39. The van der Waals surface area contributed by atoms with Crippen LogP contribution >= 0.6 is 23.2 Å². The van der Waals surface area contributed by atoms with Crippen LogP contribution in [-0.2, 0) is 20.9 Å². The van der Waals surface area contributed by atoms with Gasteiger partial charge < -0.3 is 15.4 Å². The van der Waals surface area contributed by atoms with Crippen molar-refractivity contribution < 1.29 is 19.1 Å². The highest BCUT2D eigenvalue weighted by Crippen LogP contribution is 2.21. The molecule has 0 fully saturated rings. The summed E-state index contributed by atoms with van der Waals surface area (Å²) in [7, 11) is 0. The molecule has 2 N–H and O–H groups in total. The number of carbonyl (C=O) groups excluding carboxylic acids is 3. The van der Waals surface area contributed by atoms with Crippen LogP contribution in [0.15, 0.2) is 42.5 Å². The molecule has 2 aromatic rings. The Morgan fingerprint density at radius 2 is 1.67 bits per heavy atom. The third-order valence-corrected chi connectivity index (χ3v) is 4.14. The van der Waals surface area contributed by atoms with Crippen molar-refractivity contribution >= 4 is 41.0 Å². The van der Waals surface area contributed by atoms with E-state index in [0.29, 0.717) is 21.2 Å². The molecule has 8 heteroatoms. The van der Waals surface area contributed by atoms with Crippen molar-refractivity contribution in [1.29, 1.82) is 0 Å². The largest absolute Gasteiger partial charge is 0.459 e. The van der Waals surface area contributed by atoms with Crippen molar-refractivity contribution in [1.82, 2.24) is 10.6 Å². The Balaban J connectivity index is 1.69. The summed E-state index contributed by atoms with van der Waals surface area (Å²) in [5, 5.41) is 5.72. The molecule has 0 atom stereocenters. The van der Waals surface area contributed by atoms with Crippen LogP contribution < -0.4 is 10.6 Å². The van der Waals surface area contributed by atoms with E-state index in [2.05, 4.69) is 10.6 Å². The normalized spacial score (nSPS) is 10.2. The third-order valence-electron chi connectivity index (χ3n) is 3.56. The monoisotopic (exact) mass is 408 g/mol. The smallest absolute Gasteiger partial charge is 0.325 e. The zero-order valence-electron chi connectivity index (χ0n) is 14.6.